The maximum atomic E-state index is 13.4. The number of nitrogens with zero attached hydrogens (tertiary/aromatic N) is 3. The molecule has 0 aliphatic heterocycles. The number of aromatic nitrogens is 2. The molecule has 4 aromatic rings. The van der Waals surface area contributed by atoms with Gasteiger partial charge in [0, 0.05) is 22.9 Å². The summed E-state index contributed by atoms with van der Waals surface area (Å²) < 4.78 is 20.6. The summed E-state index contributed by atoms with van der Waals surface area (Å²) in [4.78, 5) is 24.6. The number of hydrazone groups is 1. The maximum absolute atomic E-state index is 13.4. The summed E-state index contributed by atoms with van der Waals surface area (Å²) in [5.74, 6) is -0.548. The minimum atomic E-state index is -0.494. The van der Waals surface area contributed by atoms with Crippen LogP contribution in [0.4, 0.5) is 4.39 Å². The normalized spacial score (nSPS) is 10.9. The molecule has 0 unspecified atom stereocenters. The van der Waals surface area contributed by atoms with Crippen molar-refractivity contribution in [2.45, 2.75) is 13.3 Å². The Hall–Kier alpha value is -4.79. The molecule has 0 fully saturated rings. The van der Waals surface area contributed by atoms with E-state index >= 15 is 0 Å². The summed E-state index contributed by atoms with van der Waals surface area (Å²) in [6.45, 7) is 2.36. The van der Waals surface area contributed by atoms with Gasteiger partial charge in [-0.15, -0.1) is 0 Å². The van der Waals surface area contributed by atoms with Gasteiger partial charge in [-0.3, -0.25) is 9.59 Å². The van der Waals surface area contributed by atoms with E-state index in [0.717, 1.165) is 12.1 Å². The van der Waals surface area contributed by atoms with Crippen LogP contribution < -0.4 is 15.5 Å². The lowest BCUT2D eigenvalue weighted by Crippen LogP contribution is -2.34. The van der Waals surface area contributed by atoms with Crippen molar-refractivity contribution < 1.29 is 18.7 Å². The standard InChI is InChI=1S/C28H26FN5O3/c1-2-16-37-25-14-10-21(11-15-25)28(36)30-18-26(35)32-31-17-22-19-34(24-6-4-3-5-7-24)33-27(22)20-8-12-23(29)13-9-20/h3-15,17,19H,2,16,18H2,1H3,(H,30,36)(H,32,35)/b31-17-. The van der Waals surface area contributed by atoms with Crippen LogP contribution in [0.2, 0.25) is 0 Å². The number of amides is 2. The molecule has 1 aromatic heterocycles. The van der Waals surface area contributed by atoms with Crippen molar-refractivity contribution in [3.05, 3.63) is 102 Å². The minimum Gasteiger partial charge on any atom is -0.494 e. The monoisotopic (exact) mass is 499 g/mol. The molecule has 188 valence electrons. The lowest BCUT2D eigenvalue weighted by Gasteiger charge is -2.07. The third kappa shape index (κ3) is 6.88. The second kappa shape index (κ2) is 12.3. The van der Waals surface area contributed by atoms with E-state index in [1.807, 2.05) is 37.3 Å². The highest BCUT2D eigenvalue weighted by Gasteiger charge is 2.12. The summed E-state index contributed by atoms with van der Waals surface area (Å²) in [7, 11) is 0. The van der Waals surface area contributed by atoms with E-state index in [9.17, 15) is 14.0 Å². The number of hydrogen-bond acceptors (Lipinski definition) is 5. The van der Waals surface area contributed by atoms with E-state index in [1.165, 1.54) is 18.3 Å². The average Bonchev–Trinajstić information content (AvgIpc) is 3.36. The number of rotatable bonds is 10. The summed E-state index contributed by atoms with van der Waals surface area (Å²) in [5.41, 5.74) is 5.54. The van der Waals surface area contributed by atoms with E-state index in [0.29, 0.717) is 34.7 Å². The van der Waals surface area contributed by atoms with Gasteiger partial charge in [0.25, 0.3) is 11.8 Å². The van der Waals surface area contributed by atoms with Gasteiger partial charge in [-0.2, -0.15) is 10.2 Å². The molecule has 0 atom stereocenters. The Morgan fingerprint density at radius 1 is 1.03 bits per heavy atom. The van der Waals surface area contributed by atoms with Crippen molar-refractivity contribution >= 4 is 18.0 Å². The average molecular weight is 500 g/mol. The van der Waals surface area contributed by atoms with Crippen molar-refractivity contribution in [1.82, 2.24) is 20.5 Å². The van der Waals surface area contributed by atoms with Crippen LogP contribution in [0.25, 0.3) is 16.9 Å². The van der Waals surface area contributed by atoms with Gasteiger partial charge in [-0.05, 0) is 67.1 Å². The Morgan fingerprint density at radius 2 is 1.76 bits per heavy atom. The van der Waals surface area contributed by atoms with Crippen molar-refractivity contribution in [1.29, 1.82) is 0 Å². The predicted octanol–water partition coefficient (Wildman–Crippen LogP) is 4.35. The highest BCUT2D eigenvalue weighted by atomic mass is 19.1. The van der Waals surface area contributed by atoms with E-state index in [-0.39, 0.29) is 18.3 Å². The Labute approximate surface area is 213 Å². The molecule has 4 rings (SSSR count). The van der Waals surface area contributed by atoms with Crippen molar-refractivity contribution in [3.63, 3.8) is 0 Å². The lowest BCUT2D eigenvalue weighted by molar-refractivity contribution is -0.120. The second-order valence-corrected chi connectivity index (χ2v) is 8.07. The molecule has 0 spiro atoms. The molecule has 8 nitrogen and oxygen atoms in total. The zero-order valence-corrected chi connectivity index (χ0v) is 20.2. The molecule has 0 aliphatic rings. The van der Waals surface area contributed by atoms with Gasteiger partial charge in [0.15, 0.2) is 0 Å². The van der Waals surface area contributed by atoms with Crippen LogP contribution in [-0.4, -0.2) is 41.0 Å². The molecule has 0 aliphatic carbocycles. The fourth-order valence-corrected chi connectivity index (χ4v) is 3.43. The Balaban J connectivity index is 1.39. The van der Waals surface area contributed by atoms with Gasteiger partial charge >= 0.3 is 0 Å². The largest absolute Gasteiger partial charge is 0.494 e. The number of halogens is 1. The van der Waals surface area contributed by atoms with E-state index in [2.05, 4.69) is 20.9 Å². The van der Waals surface area contributed by atoms with Gasteiger partial charge in [-0.25, -0.2) is 14.5 Å². The number of para-hydroxylation sites is 1. The molecule has 0 saturated carbocycles. The van der Waals surface area contributed by atoms with Crippen LogP contribution in [0.5, 0.6) is 5.75 Å². The highest BCUT2D eigenvalue weighted by Crippen LogP contribution is 2.23. The fraction of sp³-hybridized carbons (Fsp3) is 0.143. The Bertz CT molecular complexity index is 1370. The molecule has 37 heavy (non-hydrogen) atoms. The quantitative estimate of drug-likeness (QED) is 0.250. The lowest BCUT2D eigenvalue weighted by atomic mass is 10.1. The molecular formula is C28H26FN5O3. The first-order chi connectivity index (χ1) is 18.0. The first kappa shape index (κ1) is 25.3. The number of nitrogens with one attached hydrogen (secondary N) is 2. The smallest absolute Gasteiger partial charge is 0.259 e. The summed E-state index contributed by atoms with van der Waals surface area (Å²) in [5, 5.41) is 11.2. The molecule has 2 N–H and O–H groups in total. The molecule has 0 bridgehead atoms. The molecule has 2 amide bonds. The van der Waals surface area contributed by atoms with Crippen molar-refractivity contribution in [3.8, 4) is 22.7 Å². The second-order valence-electron chi connectivity index (χ2n) is 8.07. The van der Waals surface area contributed by atoms with Crippen LogP contribution in [0.1, 0.15) is 29.3 Å². The summed E-state index contributed by atoms with van der Waals surface area (Å²) >= 11 is 0. The number of ether oxygens (including phenoxy) is 1. The highest BCUT2D eigenvalue weighted by molar-refractivity contribution is 5.96. The van der Waals surface area contributed by atoms with E-state index in [4.69, 9.17) is 4.74 Å². The number of carbonyl (C=O) groups excluding carboxylic acids is 2. The number of hydrogen-bond donors (Lipinski definition) is 2. The third-order valence-corrected chi connectivity index (χ3v) is 5.27. The van der Waals surface area contributed by atoms with E-state index in [1.54, 1.807) is 47.3 Å². The van der Waals surface area contributed by atoms with Crippen LogP contribution in [0.15, 0.2) is 90.2 Å². The zero-order valence-electron chi connectivity index (χ0n) is 20.2. The molecule has 9 heteroatoms. The Morgan fingerprint density at radius 3 is 2.46 bits per heavy atom. The van der Waals surface area contributed by atoms with Gasteiger partial charge in [0.05, 0.1) is 25.1 Å². The number of benzene rings is 3. The van der Waals surface area contributed by atoms with Crippen molar-refractivity contribution in [2.24, 2.45) is 5.10 Å². The van der Waals surface area contributed by atoms with Crippen LogP contribution in [-0.2, 0) is 4.79 Å². The van der Waals surface area contributed by atoms with Gasteiger partial charge in [0.1, 0.15) is 17.3 Å². The molecular weight excluding hydrogens is 473 g/mol. The van der Waals surface area contributed by atoms with E-state index < -0.39 is 5.91 Å². The Kier molecular flexibility index (Phi) is 8.38. The maximum Gasteiger partial charge on any atom is 0.259 e. The molecule has 3 aromatic carbocycles. The third-order valence-electron chi connectivity index (χ3n) is 5.27. The first-order valence-electron chi connectivity index (χ1n) is 11.8. The van der Waals surface area contributed by atoms with Gasteiger partial charge < -0.3 is 10.1 Å². The SMILES string of the molecule is CCCOc1ccc(C(=O)NCC(=O)N/N=C\c2cn(-c3ccccc3)nc2-c2ccc(F)cc2)cc1. The molecule has 0 saturated heterocycles. The minimum absolute atomic E-state index is 0.252. The molecule has 1 heterocycles. The van der Waals surface area contributed by atoms with Crippen molar-refractivity contribution in [2.75, 3.05) is 13.2 Å². The number of carbonyl (C=O) groups is 2. The zero-order chi connectivity index (χ0) is 26.0. The first-order valence-corrected chi connectivity index (χ1v) is 11.8. The topological polar surface area (TPSA) is 97.6 Å². The van der Waals surface area contributed by atoms with Gasteiger partial charge in [-0.1, -0.05) is 25.1 Å². The van der Waals surface area contributed by atoms with Gasteiger partial charge in [0.2, 0.25) is 0 Å². The summed E-state index contributed by atoms with van der Waals surface area (Å²) in [6.07, 6.45) is 4.11. The van der Waals surface area contributed by atoms with Crippen LogP contribution >= 0.6 is 0 Å². The van der Waals surface area contributed by atoms with Crippen LogP contribution in [0.3, 0.4) is 0 Å². The molecule has 0 radical (unpaired) electrons. The fourth-order valence-electron chi connectivity index (χ4n) is 3.43. The predicted molar refractivity (Wildman–Crippen MR) is 139 cm³/mol. The van der Waals surface area contributed by atoms with Crippen LogP contribution in [0, 0.1) is 5.82 Å². The summed E-state index contributed by atoms with van der Waals surface area (Å²) in [6, 6.07) is 22.2.